The number of benzene rings is 2. The van der Waals surface area contributed by atoms with Crippen molar-refractivity contribution in [3.8, 4) is 0 Å². The third-order valence-corrected chi connectivity index (χ3v) is 4.55. The van der Waals surface area contributed by atoms with Crippen LogP contribution >= 0.6 is 0 Å². The fourth-order valence-electron chi connectivity index (χ4n) is 2.97. The van der Waals surface area contributed by atoms with Crippen molar-refractivity contribution in [2.24, 2.45) is 0 Å². The van der Waals surface area contributed by atoms with Gasteiger partial charge < -0.3 is 10.6 Å². The number of anilines is 1. The molecule has 158 valence electrons. The largest absolute Gasteiger partial charge is 0.416 e. The highest BCUT2D eigenvalue weighted by Crippen LogP contribution is 2.34. The summed E-state index contributed by atoms with van der Waals surface area (Å²) in [6, 6.07) is 5.17. The van der Waals surface area contributed by atoms with Gasteiger partial charge in [-0.2, -0.15) is 13.2 Å². The summed E-state index contributed by atoms with van der Waals surface area (Å²) in [5.74, 6) is -3.73. The van der Waals surface area contributed by atoms with E-state index in [2.05, 4.69) is 5.32 Å². The lowest BCUT2D eigenvalue weighted by atomic mass is 9.90. The van der Waals surface area contributed by atoms with E-state index in [1.54, 1.807) is 0 Å². The van der Waals surface area contributed by atoms with Gasteiger partial charge in [-0.25, -0.2) is 13.6 Å². The number of carbonyl (C=O) groups excluding carboxylic acids is 3. The molecular weight excluding hydrogens is 413 g/mol. The first kappa shape index (κ1) is 21.2. The highest BCUT2D eigenvalue weighted by atomic mass is 19.4. The molecule has 3 rings (SSSR count). The molecule has 0 bridgehead atoms. The van der Waals surface area contributed by atoms with Crippen molar-refractivity contribution in [3.63, 3.8) is 0 Å². The summed E-state index contributed by atoms with van der Waals surface area (Å²) < 4.78 is 65.8. The minimum atomic E-state index is -4.66. The standard InChI is InChI=1S/C19H14F5N3O3/c1-18(10-3-2-4-11(7-10)19(22,23)24)16(29)27(17(30)26-18)9-15(28)25-14-8-12(20)5-6-13(14)21/h2-8H,9H2,1H3,(H,25,28)(H,26,30). The highest BCUT2D eigenvalue weighted by molar-refractivity contribution is 6.10. The Bertz CT molecular complexity index is 1040. The predicted molar refractivity (Wildman–Crippen MR) is 94.0 cm³/mol. The highest BCUT2D eigenvalue weighted by Gasteiger charge is 2.50. The molecule has 1 heterocycles. The molecule has 0 radical (unpaired) electrons. The van der Waals surface area contributed by atoms with Gasteiger partial charge in [0.15, 0.2) is 0 Å². The van der Waals surface area contributed by atoms with E-state index in [1.807, 2.05) is 5.32 Å². The zero-order valence-electron chi connectivity index (χ0n) is 15.3. The van der Waals surface area contributed by atoms with E-state index < -0.39 is 59.0 Å². The van der Waals surface area contributed by atoms with Crippen molar-refractivity contribution in [2.75, 3.05) is 11.9 Å². The summed E-state index contributed by atoms with van der Waals surface area (Å²) in [4.78, 5) is 37.6. The summed E-state index contributed by atoms with van der Waals surface area (Å²) in [6.07, 6.45) is -4.66. The number of urea groups is 1. The fraction of sp³-hybridized carbons (Fsp3) is 0.211. The minimum Gasteiger partial charge on any atom is -0.322 e. The number of nitrogens with one attached hydrogen (secondary N) is 2. The Hall–Kier alpha value is -3.50. The number of alkyl halides is 3. The fourth-order valence-corrected chi connectivity index (χ4v) is 2.97. The van der Waals surface area contributed by atoms with E-state index in [9.17, 15) is 36.3 Å². The van der Waals surface area contributed by atoms with E-state index in [-0.39, 0.29) is 5.56 Å². The van der Waals surface area contributed by atoms with Crippen molar-refractivity contribution < 1.29 is 36.3 Å². The van der Waals surface area contributed by atoms with Crippen molar-refractivity contribution in [1.82, 2.24) is 10.2 Å². The van der Waals surface area contributed by atoms with Gasteiger partial charge in [-0.3, -0.25) is 14.5 Å². The molecule has 1 aliphatic heterocycles. The molecule has 0 spiro atoms. The molecule has 2 N–H and O–H groups in total. The Labute approximate surface area is 166 Å². The van der Waals surface area contributed by atoms with Crippen LogP contribution in [0.3, 0.4) is 0 Å². The Kier molecular flexibility index (Phi) is 5.23. The number of nitrogens with zero attached hydrogens (tertiary/aromatic N) is 1. The predicted octanol–water partition coefficient (Wildman–Crippen LogP) is 3.39. The molecule has 4 amide bonds. The second-order valence-corrected chi connectivity index (χ2v) is 6.70. The van der Waals surface area contributed by atoms with E-state index >= 15 is 0 Å². The van der Waals surface area contributed by atoms with Crippen molar-refractivity contribution in [1.29, 1.82) is 0 Å². The topological polar surface area (TPSA) is 78.5 Å². The normalized spacial score (nSPS) is 19.1. The molecule has 1 aliphatic rings. The van der Waals surface area contributed by atoms with Gasteiger partial charge in [0.05, 0.1) is 11.3 Å². The molecule has 2 aromatic rings. The Morgan fingerprint density at radius 2 is 1.83 bits per heavy atom. The van der Waals surface area contributed by atoms with Gasteiger partial charge >= 0.3 is 12.2 Å². The number of imide groups is 1. The molecule has 1 atom stereocenters. The van der Waals surface area contributed by atoms with Crippen LogP contribution in [0.2, 0.25) is 0 Å². The van der Waals surface area contributed by atoms with Crippen LogP contribution in [0.5, 0.6) is 0 Å². The number of amides is 4. The molecule has 6 nitrogen and oxygen atoms in total. The molecule has 0 saturated carbocycles. The average molecular weight is 427 g/mol. The molecular formula is C19H14F5N3O3. The number of rotatable bonds is 4. The van der Waals surface area contributed by atoms with E-state index in [4.69, 9.17) is 0 Å². The maximum absolute atomic E-state index is 13.6. The van der Waals surface area contributed by atoms with Crippen LogP contribution in [0.1, 0.15) is 18.1 Å². The number of hydrogen-bond donors (Lipinski definition) is 2. The lowest BCUT2D eigenvalue weighted by Crippen LogP contribution is -2.42. The first-order chi connectivity index (χ1) is 13.9. The minimum absolute atomic E-state index is 0.130. The van der Waals surface area contributed by atoms with Crippen LogP contribution in [0.15, 0.2) is 42.5 Å². The van der Waals surface area contributed by atoms with Gasteiger partial charge in [-0.05, 0) is 36.8 Å². The Balaban J connectivity index is 1.81. The second kappa shape index (κ2) is 7.39. The van der Waals surface area contributed by atoms with E-state index in [1.165, 1.54) is 13.0 Å². The van der Waals surface area contributed by atoms with Crippen molar-refractivity contribution >= 4 is 23.5 Å². The molecule has 0 aliphatic carbocycles. The van der Waals surface area contributed by atoms with Crippen LogP contribution in [-0.2, 0) is 21.3 Å². The lowest BCUT2D eigenvalue weighted by molar-refractivity contribution is -0.138. The Morgan fingerprint density at radius 3 is 2.50 bits per heavy atom. The van der Waals surface area contributed by atoms with Crippen molar-refractivity contribution in [3.05, 3.63) is 65.2 Å². The third kappa shape index (κ3) is 3.95. The van der Waals surface area contributed by atoms with Gasteiger partial charge in [-0.1, -0.05) is 12.1 Å². The van der Waals surface area contributed by atoms with Crippen LogP contribution in [0.4, 0.5) is 32.4 Å². The summed E-state index contributed by atoms with van der Waals surface area (Å²) in [5, 5.41) is 4.31. The van der Waals surface area contributed by atoms with Gasteiger partial charge in [0.1, 0.15) is 23.7 Å². The summed E-state index contributed by atoms with van der Waals surface area (Å²) >= 11 is 0. The van der Waals surface area contributed by atoms with E-state index in [0.717, 1.165) is 30.3 Å². The first-order valence-corrected chi connectivity index (χ1v) is 8.48. The van der Waals surface area contributed by atoms with Crippen LogP contribution in [-0.4, -0.2) is 29.3 Å². The zero-order chi connectivity index (χ0) is 22.3. The summed E-state index contributed by atoms with van der Waals surface area (Å²) in [7, 11) is 0. The molecule has 1 fully saturated rings. The monoisotopic (exact) mass is 427 g/mol. The van der Waals surface area contributed by atoms with Gasteiger partial charge in [-0.15, -0.1) is 0 Å². The molecule has 30 heavy (non-hydrogen) atoms. The van der Waals surface area contributed by atoms with Gasteiger partial charge in [0, 0.05) is 6.07 Å². The number of carbonyl (C=O) groups is 3. The molecule has 1 unspecified atom stereocenters. The maximum Gasteiger partial charge on any atom is 0.416 e. The third-order valence-electron chi connectivity index (χ3n) is 4.55. The van der Waals surface area contributed by atoms with Gasteiger partial charge in [0.2, 0.25) is 5.91 Å². The van der Waals surface area contributed by atoms with Crippen LogP contribution in [0, 0.1) is 11.6 Å². The lowest BCUT2D eigenvalue weighted by Gasteiger charge is -2.23. The van der Waals surface area contributed by atoms with Crippen LogP contribution < -0.4 is 10.6 Å². The second-order valence-electron chi connectivity index (χ2n) is 6.70. The summed E-state index contributed by atoms with van der Waals surface area (Å²) in [5.41, 5.74) is -3.48. The summed E-state index contributed by atoms with van der Waals surface area (Å²) in [6.45, 7) is 0.349. The number of halogens is 5. The zero-order valence-corrected chi connectivity index (χ0v) is 15.3. The first-order valence-electron chi connectivity index (χ1n) is 8.48. The molecule has 11 heteroatoms. The quantitative estimate of drug-likeness (QED) is 0.580. The SMILES string of the molecule is CC1(c2cccc(C(F)(F)F)c2)NC(=O)N(CC(=O)Nc2cc(F)ccc2F)C1=O. The molecule has 1 saturated heterocycles. The molecule has 0 aromatic heterocycles. The maximum atomic E-state index is 13.6. The van der Waals surface area contributed by atoms with E-state index in [0.29, 0.717) is 11.0 Å². The smallest absolute Gasteiger partial charge is 0.322 e. The van der Waals surface area contributed by atoms with Crippen LogP contribution in [0.25, 0.3) is 0 Å². The average Bonchev–Trinajstić information content (AvgIpc) is 2.88. The molecule has 2 aromatic carbocycles. The number of hydrogen-bond acceptors (Lipinski definition) is 3. The Morgan fingerprint density at radius 1 is 1.13 bits per heavy atom. The van der Waals surface area contributed by atoms with Crippen molar-refractivity contribution in [2.45, 2.75) is 18.6 Å². The van der Waals surface area contributed by atoms with Gasteiger partial charge in [0.25, 0.3) is 5.91 Å².